The number of guanidine groups is 1. The minimum absolute atomic E-state index is 0.256. The summed E-state index contributed by atoms with van der Waals surface area (Å²) in [6.45, 7) is 4.71. The Morgan fingerprint density at radius 1 is 1.16 bits per heavy atom. The Morgan fingerprint density at radius 3 is 2.55 bits per heavy atom. The number of ether oxygens (including phenoxy) is 3. The van der Waals surface area contributed by atoms with Gasteiger partial charge in [0.2, 0.25) is 0 Å². The Bertz CT molecular complexity index is 741. The number of nitrogens with one attached hydrogen (secondary N) is 2. The summed E-state index contributed by atoms with van der Waals surface area (Å²) in [6.07, 6.45) is 6.41. The summed E-state index contributed by atoms with van der Waals surface area (Å²) in [5.74, 6) is 2.43. The van der Waals surface area contributed by atoms with Gasteiger partial charge in [0.15, 0.2) is 5.96 Å². The Labute approximate surface area is 185 Å². The Balaban J connectivity index is 1.63. The molecule has 1 amide bonds. The number of benzene rings is 1. The number of carbonyl (C=O) groups excluding carboxylic acids is 1. The number of piperidine rings is 1. The molecular weight excluding hydrogens is 396 g/mol. The van der Waals surface area contributed by atoms with E-state index in [1.165, 1.54) is 20.0 Å². The van der Waals surface area contributed by atoms with E-state index < -0.39 is 0 Å². The predicted octanol–water partition coefficient (Wildman–Crippen LogP) is 3.30. The maximum atomic E-state index is 11.7. The highest BCUT2D eigenvalue weighted by molar-refractivity contribution is 5.80. The monoisotopic (exact) mass is 432 g/mol. The van der Waals surface area contributed by atoms with Crippen molar-refractivity contribution in [2.24, 2.45) is 4.99 Å². The van der Waals surface area contributed by atoms with Crippen LogP contribution in [0, 0.1) is 0 Å². The summed E-state index contributed by atoms with van der Waals surface area (Å²) in [7, 11) is 3.09. The van der Waals surface area contributed by atoms with Gasteiger partial charge in [-0.3, -0.25) is 0 Å². The molecule has 2 aliphatic rings. The fourth-order valence-electron chi connectivity index (χ4n) is 4.10. The van der Waals surface area contributed by atoms with Crippen LogP contribution in [0.15, 0.2) is 23.2 Å². The standard InChI is InChI=1S/C23H36N4O4/c1-4-24-22(26-18-11-13-27(14-12-18)23(28)30-3)25-16-17-9-10-20(29-2)15-21(17)31-19-7-5-6-8-19/h9-10,15,18-19H,4-8,11-14,16H2,1-3H3,(H2,24,25,26). The molecule has 8 heteroatoms. The average Bonchev–Trinajstić information content (AvgIpc) is 3.31. The van der Waals surface area contributed by atoms with Crippen molar-refractivity contribution in [3.63, 3.8) is 0 Å². The summed E-state index contributed by atoms with van der Waals surface area (Å²) in [6, 6.07) is 6.22. The highest BCUT2D eigenvalue weighted by atomic mass is 16.5. The zero-order valence-electron chi connectivity index (χ0n) is 19.0. The third-order valence-electron chi connectivity index (χ3n) is 5.89. The van der Waals surface area contributed by atoms with E-state index in [0.717, 1.165) is 55.3 Å². The number of nitrogens with zero attached hydrogens (tertiary/aromatic N) is 2. The second-order valence-corrected chi connectivity index (χ2v) is 8.07. The molecule has 1 aliphatic carbocycles. The molecule has 1 aromatic rings. The van der Waals surface area contributed by atoms with Gasteiger partial charge in [-0.1, -0.05) is 0 Å². The number of hydrogen-bond acceptors (Lipinski definition) is 5. The molecule has 2 fully saturated rings. The molecule has 172 valence electrons. The molecule has 1 heterocycles. The highest BCUT2D eigenvalue weighted by Gasteiger charge is 2.24. The Hall–Kier alpha value is -2.64. The lowest BCUT2D eigenvalue weighted by atomic mass is 10.1. The number of carbonyl (C=O) groups is 1. The van der Waals surface area contributed by atoms with Crippen LogP contribution in [0.1, 0.15) is 51.0 Å². The number of amides is 1. The van der Waals surface area contributed by atoms with Crippen molar-refractivity contribution in [1.82, 2.24) is 15.5 Å². The second kappa shape index (κ2) is 11.7. The predicted molar refractivity (Wildman–Crippen MR) is 121 cm³/mol. The molecule has 1 aliphatic heterocycles. The molecule has 1 aromatic carbocycles. The van der Waals surface area contributed by atoms with Crippen LogP contribution in [0.25, 0.3) is 0 Å². The first-order valence-corrected chi connectivity index (χ1v) is 11.3. The Morgan fingerprint density at radius 2 is 1.90 bits per heavy atom. The van der Waals surface area contributed by atoms with Gasteiger partial charge in [0, 0.05) is 37.3 Å². The second-order valence-electron chi connectivity index (χ2n) is 8.07. The van der Waals surface area contributed by atoms with Gasteiger partial charge in [0.25, 0.3) is 0 Å². The summed E-state index contributed by atoms with van der Waals surface area (Å²) < 4.78 is 16.5. The van der Waals surface area contributed by atoms with Crippen molar-refractivity contribution in [3.05, 3.63) is 23.8 Å². The van der Waals surface area contributed by atoms with Crippen LogP contribution in [0.3, 0.4) is 0 Å². The van der Waals surface area contributed by atoms with Crippen LogP contribution in [0.4, 0.5) is 4.79 Å². The number of rotatable bonds is 7. The van der Waals surface area contributed by atoms with Crippen molar-refractivity contribution in [2.75, 3.05) is 33.9 Å². The third kappa shape index (κ3) is 6.67. The first-order valence-electron chi connectivity index (χ1n) is 11.3. The molecule has 1 saturated heterocycles. The summed E-state index contributed by atoms with van der Waals surface area (Å²) in [4.78, 5) is 18.2. The lowest BCUT2D eigenvalue weighted by Gasteiger charge is -2.32. The van der Waals surface area contributed by atoms with Crippen LogP contribution < -0.4 is 20.1 Å². The van der Waals surface area contributed by atoms with Crippen molar-refractivity contribution in [3.8, 4) is 11.5 Å². The zero-order chi connectivity index (χ0) is 22.1. The number of aliphatic imine (C=N–C) groups is 1. The molecule has 0 spiro atoms. The average molecular weight is 433 g/mol. The fraction of sp³-hybridized carbons (Fsp3) is 0.652. The van der Waals surface area contributed by atoms with Crippen LogP contribution in [0.5, 0.6) is 11.5 Å². The topological polar surface area (TPSA) is 84.4 Å². The van der Waals surface area contributed by atoms with Crippen LogP contribution in [0.2, 0.25) is 0 Å². The van der Waals surface area contributed by atoms with Crippen LogP contribution in [-0.4, -0.2) is 63.0 Å². The van der Waals surface area contributed by atoms with Crippen LogP contribution >= 0.6 is 0 Å². The molecule has 0 radical (unpaired) electrons. The summed E-state index contributed by atoms with van der Waals surface area (Å²) in [5, 5.41) is 6.84. The lowest BCUT2D eigenvalue weighted by molar-refractivity contribution is 0.111. The molecular formula is C23H36N4O4. The molecule has 31 heavy (non-hydrogen) atoms. The normalized spacial score (nSPS) is 18.0. The summed E-state index contributed by atoms with van der Waals surface area (Å²) in [5.41, 5.74) is 1.05. The quantitative estimate of drug-likeness (QED) is 0.508. The van der Waals surface area contributed by atoms with Crippen LogP contribution in [-0.2, 0) is 11.3 Å². The van der Waals surface area contributed by atoms with Gasteiger partial charge in [0.1, 0.15) is 11.5 Å². The third-order valence-corrected chi connectivity index (χ3v) is 5.89. The van der Waals surface area contributed by atoms with E-state index in [9.17, 15) is 4.79 Å². The summed E-state index contributed by atoms with van der Waals surface area (Å²) >= 11 is 0. The molecule has 8 nitrogen and oxygen atoms in total. The van der Waals surface area contributed by atoms with Crippen molar-refractivity contribution < 1.29 is 19.0 Å². The Kier molecular flexibility index (Phi) is 8.67. The minimum atomic E-state index is -0.256. The smallest absolute Gasteiger partial charge is 0.409 e. The van der Waals surface area contributed by atoms with Gasteiger partial charge in [-0.25, -0.2) is 9.79 Å². The largest absolute Gasteiger partial charge is 0.497 e. The van der Waals surface area contributed by atoms with E-state index in [2.05, 4.69) is 17.6 Å². The van der Waals surface area contributed by atoms with Gasteiger partial charge in [0.05, 0.1) is 26.9 Å². The molecule has 1 saturated carbocycles. The van der Waals surface area contributed by atoms with E-state index in [4.69, 9.17) is 19.2 Å². The number of likely N-dealkylation sites (tertiary alicyclic amines) is 1. The first-order chi connectivity index (χ1) is 15.1. The van der Waals surface area contributed by atoms with Crippen molar-refractivity contribution in [1.29, 1.82) is 0 Å². The van der Waals surface area contributed by atoms with Gasteiger partial charge in [-0.05, 0) is 57.6 Å². The maximum absolute atomic E-state index is 11.7. The van der Waals surface area contributed by atoms with E-state index in [1.54, 1.807) is 12.0 Å². The SMILES string of the molecule is CCNC(=NCc1ccc(OC)cc1OC1CCCC1)NC1CCN(C(=O)OC)CC1. The molecule has 0 aromatic heterocycles. The van der Waals surface area contributed by atoms with Gasteiger partial charge in [-0.2, -0.15) is 0 Å². The first kappa shape index (κ1) is 23.0. The fourth-order valence-corrected chi connectivity index (χ4v) is 4.10. The van der Waals surface area contributed by atoms with Gasteiger partial charge in [-0.15, -0.1) is 0 Å². The van der Waals surface area contributed by atoms with Crippen molar-refractivity contribution in [2.45, 2.75) is 64.1 Å². The molecule has 0 unspecified atom stereocenters. The lowest BCUT2D eigenvalue weighted by Crippen LogP contribution is -2.49. The minimum Gasteiger partial charge on any atom is -0.497 e. The van der Waals surface area contributed by atoms with E-state index >= 15 is 0 Å². The van der Waals surface area contributed by atoms with Crippen molar-refractivity contribution >= 4 is 12.1 Å². The maximum Gasteiger partial charge on any atom is 0.409 e. The number of methoxy groups -OCH3 is 2. The molecule has 0 atom stereocenters. The van der Waals surface area contributed by atoms with E-state index in [-0.39, 0.29) is 18.2 Å². The zero-order valence-corrected chi connectivity index (χ0v) is 19.0. The van der Waals surface area contributed by atoms with E-state index in [0.29, 0.717) is 19.6 Å². The molecule has 2 N–H and O–H groups in total. The van der Waals surface area contributed by atoms with Gasteiger partial charge < -0.3 is 29.7 Å². The van der Waals surface area contributed by atoms with E-state index in [1.807, 2.05) is 18.2 Å². The molecule has 0 bridgehead atoms. The van der Waals surface area contributed by atoms with Gasteiger partial charge >= 0.3 is 6.09 Å². The number of hydrogen-bond donors (Lipinski definition) is 2. The highest BCUT2D eigenvalue weighted by Crippen LogP contribution is 2.30. The molecule has 3 rings (SSSR count).